The van der Waals surface area contributed by atoms with Gasteiger partial charge in [0, 0.05) is 34.9 Å². The number of aromatic nitrogens is 3. The zero-order chi connectivity index (χ0) is 21.4. The number of hydrogen-bond donors (Lipinski definition) is 5. The molecule has 3 aromatic rings. The molecule has 2 saturated heterocycles. The second-order valence-electron chi connectivity index (χ2n) is 7.30. The predicted molar refractivity (Wildman–Crippen MR) is 117 cm³/mol. The van der Waals surface area contributed by atoms with Gasteiger partial charge in [0.15, 0.2) is 5.65 Å². The summed E-state index contributed by atoms with van der Waals surface area (Å²) >= 11 is 6.11. The van der Waals surface area contributed by atoms with E-state index in [1.807, 2.05) is 18.2 Å². The highest BCUT2D eigenvalue weighted by Gasteiger charge is 2.24. The third-order valence-electron chi connectivity index (χ3n) is 5.03. The summed E-state index contributed by atoms with van der Waals surface area (Å²) in [5.41, 5.74) is 2.06. The molecule has 10 nitrogen and oxygen atoms in total. The Bertz CT molecular complexity index is 1220. The number of hydrogen-bond acceptors (Lipinski definition) is 7. The van der Waals surface area contributed by atoms with E-state index < -0.39 is 11.9 Å². The number of benzene rings is 1. The Balaban J connectivity index is 1.57. The highest BCUT2D eigenvalue weighted by Crippen LogP contribution is 2.25. The van der Waals surface area contributed by atoms with Crippen LogP contribution in [0.4, 0.5) is 22.1 Å². The Morgan fingerprint density at radius 1 is 1.23 bits per heavy atom. The molecule has 0 saturated carbocycles. The number of imide groups is 1. The number of fused-ring (bicyclic) bond motifs is 1. The molecule has 0 spiro atoms. The van der Waals surface area contributed by atoms with Crippen molar-refractivity contribution >= 4 is 52.6 Å². The van der Waals surface area contributed by atoms with E-state index in [4.69, 9.17) is 11.6 Å². The highest BCUT2D eigenvalue weighted by molar-refractivity contribution is 6.30. The first-order valence-corrected chi connectivity index (χ1v) is 10.2. The fraction of sp³-hybridized carbons (Fsp3) is 0.200. The predicted octanol–water partition coefficient (Wildman–Crippen LogP) is 2.08. The van der Waals surface area contributed by atoms with Crippen molar-refractivity contribution in [1.82, 2.24) is 30.5 Å². The lowest BCUT2D eigenvalue weighted by molar-refractivity contribution is -0.115. The molecule has 2 aliphatic heterocycles. The number of carbonyl (C=O) groups excluding carboxylic acids is 2. The lowest BCUT2D eigenvalue weighted by atomic mass is 10.2. The zero-order valence-electron chi connectivity index (χ0n) is 16.3. The summed E-state index contributed by atoms with van der Waals surface area (Å²) in [5.74, 6) is 0.851. The molecule has 5 rings (SSSR count). The quantitative estimate of drug-likeness (QED) is 0.305. The van der Waals surface area contributed by atoms with Crippen LogP contribution in [0.15, 0.2) is 42.2 Å². The van der Waals surface area contributed by atoms with Gasteiger partial charge in [0.2, 0.25) is 0 Å². The van der Waals surface area contributed by atoms with E-state index in [1.54, 1.807) is 28.9 Å². The van der Waals surface area contributed by atoms with Crippen molar-refractivity contribution in [2.45, 2.75) is 12.5 Å². The summed E-state index contributed by atoms with van der Waals surface area (Å²) in [5, 5.41) is 19.8. The van der Waals surface area contributed by atoms with E-state index in [0.717, 1.165) is 31.0 Å². The maximum Gasteiger partial charge on any atom is 0.326 e. The third kappa shape index (κ3) is 4.03. The van der Waals surface area contributed by atoms with Gasteiger partial charge in [0.05, 0.1) is 6.20 Å². The molecule has 11 heteroatoms. The Labute approximate surface area is 182 Å². The van der Waals surface area contributed by atoms with Crippen molar-refractivity contribution in [1.29, 1.82) is 0 Å². The topological polar surface area (TPSA) is 124 Å². The maximum absolute atomic E-state index is 11.9. The molecule has 0 bridgehead atoms. The van der Waals surface area contributed by atoms with Crippen LogP contribution in [0.25, 0.3) is 11.7 Å². The summed E-state index contributed by atoms with van der Waals surface area (Å²) < 4.78 is 1.68. The number of halogens is 1. The molecule has 0 radical (unpaired) electrons. The van der Waals surface area contributed by atoms with Gasteiger partial charge >= 0.3 is 6.03 Å². The summed E-state index contributed by atoms with van der Waals surface area (Å²) in [4.78, 5) is 28.0. The summed E-state index contributed by atoms with van der Waals surface area (Å²) in [6.45, 7) is 1.80. The van der Waals surface area contributed by atoms with E-state index in [2.05, 4.69) is 36.7 Å². The van der Waals surface area contributed by atoms with Gasteiger partial charge in [-0.1, -0.05) is 17.7 Å². The molecular weight excluding hydrogens is 420 g/mol. The van der Waals surface area contributed by atoms with Crippen molar-refractivity contribution in [2.24, 2.45) is 0 Å². The molecule has 3 amide bonds. The van der Waals surface area contributed by atoms with E-state index in [1.165, 1.54) is 0 Å². The minimum absolute atomic E-state index is 0.143. The van der Waals surface area contributed by atoms with Crippen LogP contribution in [0.1, 0.15) is 12.0 Å². The average molecular weight is 439 g/mol. The summed E-state index contributed by atoms with van der Waals surface area (Å²) in [6, 6.07) is 8.92. The van der Waals surface area contributed by atoms with Crippen LogP contribution in [0.2, 0.25) is 5.02 Å². The molecule has 158 valence electrons. The second-order valence-corrected chi connectivity index (χ2v) is 7.73. The van der Waals surface area contributed by atoms with Crippen molar-refractivity contribution in [2.75, 3.05) is 23.7 Å². The first kappa shape index (κ1) is 19.3. The molecule has 2 aromatic heterocycles. The number of urea groups is 1. The van der Waals surface area contributed by atoms with Gasteiger partial charge in [-0.2, -0.15) is 9.61 Å². The number of rotatable bonds is 5. The highest BCUT2D eigenvalue weighted by atomic mass is 35.5. The van der Waals surface area contributed by atoms with Crippen LogP contribution in [0, 0.1) is 0 Å². The van der Waals surface area contributed by atoms with Gasteiger partial charge in [-0.05, 0) is 37.2 Å². The number of amides is 3. The van der Waals surface area contributed by atoms with E-state index in [9.17, 15) is 9.59 Å². The smallest absolute Gasteiger partial charge is 0.326 e. The normalized spacial score (nSPS) is 19.6. The second kappa shape index (κ2) is 7.89. The van der Waals surface area contributed by atoms with Gasteiger partial charge in [-0.3, -0.25) is 10.1 Å². The minimum Gasteiger partial charge on any atom is -0.366 e. The molecule has 1 unspecified atom stereocenters. The Morgan fingerprint density at radius 3 is 2.87 bits per heavy atom. The van der Waals surface area contributed by atoms with E-state index >= 15 is 0 Å². The minimum atomic E-state index is -0.555. The largest absolute Gasteiger partial charge is 0.366 e. The van der Waals surface area contributed by atoms with Crippen molar-refractivity contribution in [3.8, 4) is 0 Å². The van der Waals surface area contributed by atoms with E-state index in [0.29, 0.717) is 22.1 Å². The molecule has 1 aromatic carbocycles. The van der Waals surface area contributed by atoms with Crippen LogP contribution in [-0.2, 0) is 4.79 Å². The fourth-order valence-electron chi connectivity index (χ4n) is 3.59. The Hall–Kier alpha value is -3.63. The molecule has 2 aliphatic rings. The zero-order valence-corrected chi connectivity index (χ0v) is 17.0. The number of nitrogens with one attached hydrogen (secondary N) is 5. The van der Waals surface area contributed by atoms with Crippen molar-refractivity contribution < 1.29 is 9.59 Å². The number of nitrogens with zero attached hydrogens (tertiary/aromatic N) is 3. The van der Waals surface area contributed by atoms with Gasteiger partial charge < -0.3 is 21.3 Å². The fourth-order valence-corrected chi connectivity index (χ4v) is 3.78. The Morgan fingerprint density at radius 2 is 2.13 bits per heavy atom. The average Bonchev–Trinajstić information content (AvgIpc) is 3.44. The number of anilines is 3. The summed E-state index contributed by atoms with van der Waals surface area (Å²) in [6.07, 6.45) is 4.15. The van der Waals surface area contributed by atoms with Crippen LogP contribution in [0.5, 0.6) is 0 Å². The van der Waals surface area contributed by atoms with Gasteiger partial charge in [-0.25, -0.2) is 9.78 Å². The first-order valence-electron chi connectivity index (χ1n) is 9.78. The lowest BCUT2D eigenvalue weighted by Crippen LogP contribution is -2.23. The molecule has 1 atom stereocenters. The van der Waals surface area contributed by atoms with E-state index in [-0.39, 0.29) is 11.7 Å². The van der Waals surface area contributed by atoms with Gasteiger partial charge in [0.1, 0.15) is 17.3 Å². The third-order valence-corrected chi connectivity index (χ3v) is 5.26. The van der Waals surface area contributed by atoms with Crippen LogP contribution >= 0.6 is 11.6 Å². The first-order chi connectivity index (χ1) is 15.0. The molecule has 4 heterocycles. The van der Waals surface area contributed by atoms with Gasteiger partial charge in [-0.15, -0.1) is 0 Å². The monoisotopic (exact) mass is 438 g/mol. The summed E-state index contributed by atoms with van der Waals surface area (Å²) in [7, 11) is 0. The maximum atomic E-state index is 11.9. The SMILES string of the molecule is O=C1NC(=O)C(=Cc2cnn3c(NC4CCNC4)cc(Nc4cccc(Cl)c4)nc23)N1. The van der Waals surface area contributed by atoms with Crippen LogP contribution in [-0.4, -0.2) is 45.7 Å². The standard InChI is InChI=1S/C20H19ClN8O2/c21-12-2-1-3-13(7-12)24-16-8-17(25-14-4-5-22-10-14)29-18(27-16)11(9-23-29)6-15-19(30)28-20(31)26-15/h1-3,6-9,14,22,25H,4-5,10H2,(H,24,27)(H2,26,28,30,31). The Kier molecular flexibility index (Phi) is 4.92. The molecular formula is C20H19ClN8O2. The molecule has 2 fully saturated rings. The molecule has 31 heavy (non-hydrogen) atoms. The molecule has 5 N–H and O–H groups in total. The number of carbonyl (C=O) groups is 2. The van der Waals surface area contributed by atoms with Gasteiger partial charge in [0.25, 0.3) is 5.91 Å². The van der Waals surface area contributed by atoms with Crippen molar-refractivity contribution in [3.63, 3.8) is 0 Å². The van der Waals surface area contributed by atoms with Crippen LogP contribution in [0.3, 0.4) is 0 Å². The molecule has 0 aliphatic carbocycles. The van der Waals surface area contributed by atoms with Crippen LogP contribution < -0.4 is 26.6 Å². The van der Waals surface area contributed by atoms with Crippen molar-refractivity contribution in [3.05, 3.63) is 52.8 Å². The lowest BCUT2D eigenvalue weighted by Gasteiger charge is -2.16.